The van der Waals surface area contributed by atoms with Gasteiger partial charge >= 0.3 is 0 Å². The third kappa shape index (κ3) is 0.605. The van der Waals surface area contributed by atoms with E-state index >= 15 is 0 Å². The van der Waals surface area contributed by atoms with Crippen molar-refractivity contribution in [3.63, 3.8) is 0 Å². The normalized spacial score (nSPS) is 58.7. The second-order valence-corrected chi connectivity index (χ2v) is 4.90. The zero-order valence-electron chi connectivity index (χ0n) is 6.75. The molecule has 0 heterocycles. The molecule has 2 unspecified atom stereocenters. The fourth-order valence-corrected chi connectivity index (χ4v) is 4.05. The van der Waals surface area contributed by atoms with Gasteiger partial charge in [0, 0.05) is 5.41 Å². The molecule has 4 bridgehead atoms. The van der Waals surface area contributed by atoms with Crippen LogP contribution in [-0.4, -0.2) is 6.29 Å². The van der Waals surface area contributed by atoms with Crippen molar-refractivity contribution in [1.29, 1.82) is 0 Å². The highest BCUT2D eigenvalue weighted by Gasteiger charge is 2.57. The van der Waals surface area contributed by atoms with Gasteiger partial charge in [0.15, 0.2) is 0 Å². The van der Waals surface area contributed by atoms with Gasteiger partial charge in [0.25, 0.3) is 0 Å². The van der Waals surface area contributed by atoms with Crippen molar-refractivity contribution in [3.05, 3.63) is 0 Å². The first-order chi connectivity index (χ1) is 5.32. The molecule has 4 fully saturated rings. The summed E-state index contributed by atoms with van der Waals surface area (Å²) in [5.74, 6) is 2.65. The molecule has 0 aromatic heterocycles. The third-order valence-corrected chi connectivity index (χ3v) is 4.29. The van der Waals surface area contributed by atoms with Gasteiger partial charge < -0.3 is 4.79 Å². The molecule has 0 aromatic rings. The molecule has 0 aromatic carbocycles. The van der Waals surface area contributed by atoms with E-state index in [9.17, 15) is 4.79 Å². The Morgan fingerprint density at radius 1 is 1.09 bits per heavy atom. The zero-order chi connectivity index (χ0) is 7.47. The Kier molecular flexibility index (Phi) is 0.961. The fourth-order valence-electron chi connectivity index (χ4n) is 4.05. The highest BCUT2D eigenvalue weighted by atomic mass is 16.1. The van der Waals surface area contributed by atoms with Crippen LogP contribution in [0.15, 0.2) is 0 Å². The van der Waals surface area contributed by atoms with E-state index in [2.05, 4.69) is 0 Å². The summed E-state index contributed by atoms with van der Waals surface area (Å²) in [6.45, 7) is 0. The van der Waals surface area contributed by atoms with Crippen LogP contribution in [-0.2, 0) is 4.79 Å². The van der Waals surface area contributed by atoms with Crippen molar-refractivity contribution < 1.29 is 4.79 Å². The summed E-state index contributed by atoms with van der Waals surface area (Å²) in [5.41, 5.74) is 0.188. The number of rotatable bonds is 1. The van der Waals surface area contributed by atoms with E-state index in [4.69, 9.17) is 0 Å². The molecule has 0 saturated heterocycles. The van der Waals surface area contributed by atoms with Gasteiger partial charge in [0.05, 0.1) is 0 Å². The predicted octanol–water partition coefficient (Wildman–Crippen LogP) is 2.01. The van der Waals surface area contributed by atoms with Gasteiger partial charge in [-0.15, -0.1) is 0 Å². The maximum absolute atomic E-state index is 11.0. The molecule has 11 heavy (non-hydrogen) atoms. The lowest BCUT2D eigenvalue weighted by Crippen LogP contribution is -2.23. The molecule has 0 N–H and O–H groups in total. The van der Waals surface area contributed by atoms with Gasteiger partial charge in [-0.2, -0.15) is 0 Å². The second-order valence-electron chi connectivity index (χ2n) is 4.90. The van der Waals surface area contributed by atoms with E-state index in [0.717, 1.165) is 17.8 Å². The van der Waals surface area contributed by atoms with Crippen LogP contribution in [0.3, 0.4) is 0 Å². The first-order valence-corrected chi connectivity index (χ1v) is 4.79. The Bertz CT molecular complexity index is 195. The maximum Gasteiger partial charge on any atom is 0.126 e. The predicted molar refractivity (Wildman–Crippen MR) is 42.1 cm³/mol. The van der Waals surface area contributed by atoms with Crippen LogP contribution in [0.5, 0.6) is 0 Å². The van der Waals surface area contributed by atoms with E-state index in [0.29, 0.717) is 0 Å². The van der Waals surface area contributed by atoms with Crippen LogP contribution < -0.4 is 0 Å². The van der Waals surface area contributed by atoms with Crippen molar-refractivity contribution >= 4 is 6.29 Å². The Hall–Kier alpha value is -0.330. The van der Waals surface area contributed by atoms with Gasteiger partial charge in [-0.05, 0) is 49.9 Å². The van der Waals surface area contributed by atoms with Gasteiger partial charge in [0.2, 0.25) is 0 Å². The zero-order valence-corrected chi connectivity index (χ0v) is 6.75. The molecule has 1 nitrogen and oxygen atoms in total. The summed E-state index contributed by atoms with van der Waals surface area (Å²) in [6, 6.07) is 0. The van der Waals surface area contributed by atoms with Crippen LogP contribution in [0.25, 0.3) is 0 Å². The smallest absolute Gasteiger partial charge is 0.126 e. The number of aldehydes is 1. The van der Waals surface area contributed by atoms with Crippen LogP contribution >= 0.6 is 0 Å². The topological polar surface area (TPSA) is 17.1 Å². The summed E-state index contributed by atoms with van der Waals surface area (Å²) < 4.78 is 0. The molecule has 0 amide bonds. The molecule has 4 saturated carbocycles. The summed E-state index contributed by atoms with van der Waals surface area (Å²) >= 11 is 0. The standard InChI is InChI=1S/C10H14O/c11-6-10-4-7-1-8(5-10)3-9(10)2-7/h6-9H,1-5H2/t7-,8+,9?,10?. The molecule has 0 spiro atoms. The Morgan fingerprint density at radius 2 is 1.73 bits per heavy atom. The van der Waals surface area contributed by atoms with Crippen LogP contribution in [0.2, 0.25) is 0 Å². The molecule has 4 aliphatic rings. The molecule has 0 radical (unpaired) electrons. The third-order valence-electron chi connectivity index (χ3n) is 4.29. The van der Waals surface area contributed by atoms with E-state index < -0.39 is 0 Å². The first-order valence-electron chi connectivity index (χ1n) is 4.79. The molecular weight excluding hydrogens is 136 g/mol. The molecule has 4 rings (SSSR count). The highest BCUT2D eigenvalue weighted by molar-refractivity contribution is 5.62. The van der Waals surface area contributed by atoms with Crippen LogP contribution in [0.1, 0.15) is 32.1 Å². The lowest BCUT2D eigenvalue weighted by molar-refractivity contribution is -0.117. The van der Waals surface area contributed by atoms with E-state index in [1.54, 1.807) is 0 Å². The Balaban J connectivity index is 2.04. The Morgan fingerprint density at radius 3 is 2.18 bits per heavy atom. The van der Waals surface area contributed by atoms with Crippen LogP contribution in [0, 0.1) is 23.2 Å². The summed E-state index contributed by atoms with van der Waals surface area (Å²) in [6.07, 6.45) is 7.93. The molecule has 60 valence electrons. The monoisotopic (exact) mass is 150 g/mol. The van der Waals surface area contributed by atoms with Crippen molar-refractivity contribution in [3.8, 4) is 0 Å². The van der Waals surface area contributed by atoms with E-state index in [1.807, 2.05) is 0 Å². The van der Waals surface area contributed by atoms with Gasteiger partial charge in [-0.25, -0.2) is 0 Å². The number of hydrogen-bond donors (Lipinski definition) is 0. The lowest BCUT2D eigenvalue weighted by atomic mass is 9.77. The second kappa shape index (κ2) is 1.70. The lowest BCUT2D eigenvalue weighted by Gasteiger charge is -2.27. The van der Waals surface area contributed by atoms with Crippen molar-refractivity contribution in [2.45, 2.75) is 32.1 Å². The maximum atomic E-state index is 11.0. The van der Waals surface area contributed by atoms with Crippen molar-refractivity contribution in [1.82, 2.24) is 0 Å². The summed E-state index contributed by atoms with van der Waals surface area (Å²) in [5, 5.41) is 0. The minimum absolute atomic E-state index is 0.188. The average Bonchev–Trinajstić information content (AvgIpc) is 2.37. The minimum atomic E-state index is 0.188. The van der Waals surface area contributed by atoms with E-state index in [1.165, 1.54) is 38.4 Å². The van der Waals surface area contributed by atoms with E-state index in [-0.39, 0.29) is 5.41 Å². The fraction of sp³-hybridized carbons (Fsp3) is 0.900. The first kappa shape index (κ1) is 6.22. The minimum Gasteiger partial charge on any atom is -0.303 e. The highest BCUT2D eigenvalue weighted by Crippen LogP contribution is 2.64. The quantitative estimate of drug-likeness (QED) is 0.522. The average molecular weight is 150 g/mol. The number of carbonyl (C=O) groups is 1. The molecule has 4 aliphatic carbocycles. The molecular formula is C10H14O. The largest absolute Gasteiger partial charge is 0.303 e. The number of carbonyl (C=O) groups excluding carboxylic acids is 1. The van der Waals surface area contributed by atoms with Gasteiger partial charge in [0.1, 0.15) is 6.29 Å². The molecule has 1 heteroatoms. The number of hydrogen-bond acceptors (Lipinski definition) is 1. The Labute approximate surface area is 67.2 Å². The SMILES string of the molecule is O=CC12C[C@@H]3CC1C[C@@H](C3)C2. The van der Waals surface area contributed by atoms with Crippen molar-refractivity contribution in [2.75, 3.05) is 0 Å². The molecule has 0 aliphatic heterocycles. The molecule has 4 atom stereocenters. The van der Waals surface area contributed by atoms with Gasteiger partial charge in [-0.3, -0.25) is 0 Å². The van der Waals surface area contributed by atoms with Crippen LogP contribution in [0.4, 0.5) is 0 Å². The van der Waals surface area contributed by atoms with Gasteiger partial charge in [-0.1, -0.05) is 0 Å². The summed E-state index contributed by atoms with van der Waals surface area (Å²) in [4.78, 5) is 11.0. The summed E-state index contributed by atoms with van der Waals surface area (Å²) in [7, 11) is 0. The van der Waals surface area contributed by atoms with Crippen molar-refractivity contribution in [2.24, 2.45) is 23.2 Å².